The first-order chi connectivity index (χ1) is 14.5. The fourth-order valence-corrected chi connectivity index (χ4v) is 3.28. The number of carbonyl (C=O) groups is 2. The van der Waals surface area contributed by atoms with Gasteiger partial charge in [0.1, 0.15) is 34.7 Å². The Morgan fingerprint density at radius 1 is 1.23 bits per heavy atom. The maximum atomic E-state index is 13.4. The number of amides is 1. The van der Waals surface area contributed by atoms with Gasteiger partial charge in [0, 0.05) is 11.3 Å². The molecule has 9 heteroatoms. The normalized spacial score (nSPS) is 14.9. The van der Waals surface area contributed by atoms with E-state index in [4.69, 9.17) is 4.74 Å². The van der Waals surface area contributed by atoms with Gasteiger partial charge < -0.3 is 20.5 Å². The van der Waals surface area contributed by atoms with Crippen molar-refractivity contribution in [2.24, 2.45) is 0 Å². The molecule has 0 radical (unpaired) electrons. The van der Waals surface area contributed by atoms with Crippen molar-refractivity contribution in [1.29, 1.82) is 0 Å². The van der Waals surface area contributed by atoms with Crippen LogP contribution in [-0.2, 0) is 4.79 Å². The third-order valence-electron chi connectivity index (χ3n) is 4.65. The number of carbonyl (C=O) groups excluding carboxylic acids is 1. The summed E-state index contributed by atoms with van der Waals surface area (Å²) in [6.45, 7) is 0. The van der Waals surface area contributed by atoms with Crippen LogP contribution in [0.3, 0.4) is 0 Å². The van der Waals surface area contributed by atoms with Crippen LogP contribution in [0.4, 0.5) is 15.9 Å². The fraction of sp³-hybridized carbons (Fsp3) is 0.0952. The summed E-state index contributed by atoms with van der Waals surface area (Å²) in [6.07, 6.45) is 2.83. The maximum Gasteiger partial charge on any atom is 0.352 e. The van der Waals surface area contributed by atoms with Gasteiger partial charge in [-0.1, -0.05) is 24.3 Å². The van der Waals surface area contributed by atoms with Crippen LogP contribution < -0.4 is 15.4 Å². The number of para-hydroxylation sites is 1. The molecule has 0 aliphatic carbocycles. The van der Waals surface area contributed by atoms with Crippen LogP contribution in [0.1, 0.15) is 22.0 Å². The number of hydrogen-bond donors (Lipinski definition) is 3. The van der Waals surface area contributed by atoms with Gasteiger partial charge in [-0.25, -0.2) is 13.9 Å². The van der Waals surface area contributed by atoms with Gasteiger partial charge in [-0.2, -0.15) is 5.10 Å². The summed E-state index contributed by atoms with van der Waals surface area (Å²) in [4.78, 5) is 24.5. The molecule has 2 heterocycles. The molecular formula is C21H17FN4O4. The van der Waals surface area contributed by atoms with Crippen LogP contribution in [-0.4, -0.2) is 33.9 Å². The Labute approximate surface area is 170 Å². The zero-order valence-corrected chi connectivity index (χ0v) is 15.8. The SMILES string of the molecule is COc1ccccc1[C@@H]1C=C(C(=O)O)Nc2c(C(=O)Nc3cccc(F)c3)cnn21. The molecule has 0 saturated heterocycles. The summed E-state index contributed by atoms with van der Waals surface area (Å²) in [6, 6.07) is 12.0. The summed E-state index contributed by atoms with van der Waals surface area (Å²) >= 11 is 0. The second kappa shape index (κ2) is 7.70. The molecule has 1 aromatic heterocycles. The number of hydrogen-bond acceptors (Lipinski definition) is 5. The first-order valence-corrected chi connectivity index (χ1v) is 8.97. The van der Waals surface area contributed by atoms with Crippen LogP contribution in [0.5, 0.6) is 5.75 Å². The smallest absolute Gasteiger partial charge is 0.352 e. The van der Waals surface area contributed by atoms with E-state index in [9.17, 15) is 19.1 Å². The maximum absolute atomic E-state index is 13.4. The summed E-state index contributed by atoms with van der Waals surface area (Å²) in [5.41, 5.74) is 0.970. The monoisotopic (exact) mass is 408 g/mol. The van der Waals surface area contributed by atoms with Gasteiger partial charge in [-0.05, 0) is 30.3 Å². The van der Waals surface area contributed by atoms with E-state index in [1.54, 1.807) is 30.3 Å². The van der Waals surface area contributed by atoms with E-state index in [-0.39, 0.29) is 22.8 Å². The average molecular weight is 408 g/mol. The Balaban J connectivity index is 1.75. The number of allylic oxidation sites excluding steroid dienone is 1. The van der Waals surface area contributed by atoms with Crippen LogP contribution in [0.15, 0.2) is 66.5 Å². The number of carboxylic acids is 1. The lowest BCUT2D eigenvalue weighted by Crippen LogP contribution is -2.26. The lowest BCUT2D eigenvalue weighted by molar-refractivity contribution is -0.132. The van der Waals surface area contributed by atoms with Gasteiger partial charge >= 0.3 is 5.97 Å². The molecule has 2 aromatic carbocycles. The number of fused-ring (bicyclic) bond motifs is 1. The second-order valence-electron chi connectivity index (χ2n) is 6.51. The molecule has 0 bridgehead atoms. The van der Waals surface area contributed by atoms with Crippen LogP contribution >= 0.6 is 0 Å². The summed E-state index contributed by atoms with van der Waals surface area (Å²) in [5.74, 6) is -1.47. The quantitative estimate of drug-likeness (QED) is 0.598. The molecule has 0 unspecified atom stereocenters. The van der Waals surface area contributed by atoms with Crippen molar-refractivity contribution in [1.82, 2.24) is 9.78 Å². The molecule has 152 valence electrons. The molecular weight excluding hydrogens is 391 g/mol. The lowest BCUT2D eigenvalue weighted by atomic mass is 10.0. The number of benzene rings is 2. The number of aromatic nitrogens is 2. The van der Waals surface area contributed by atoms with Gasteiger partial charge in [0.2, 0.25) is 0 Å². The molecule has 3 aromatic rings. The molecule has 1 amide bonds. The number of nitrogens with one attached hydrogen (secondary N) is 2. The molecule has 3 N–H and O–H groups in total. The highest BCUT2D eigenvalue weighted by Gasteiger charge is 2.30. The van der Waals surface area contributed by atoms with Gasteiger partial charge in [-0.15, -0.1) is 0 Å². The molecule has 8 nitrogen and oxygen atoms in total. The Hall–Kier alpha value is -4.14. The Morgan fingerprint density at radius 3 is 2.77 bits per heavy atom. The highest BCUT2D eigenvalue weighted by atomic mass is 19.1. The molecule has 1 aliphatic heterocycles. The Bertz CT molecular complexity index is 1170. The van der Waals surface area contributed by atoms with Crippen LogP contribution in [0.25, 0.3) is 0 Å². The Morgan fingerprint density at radius 2 is 2.03 bits per heavy atom. The van der Waals surface area contributed by atoms with Gasteiger partial charge in [0.05, 0.1) is 13.3 Å². The van der Waals surface area contributed by atoms with E-state index in [1.165, 1.54) is 42.3 Å². The number of aliphatic carboxylic acids is 1. The first-order valence-electron chi connectivity index (χ1n) is 8.97. The zero-order valence-electron chi connectivity index (χ0n) is 15.8. The molecule has 1 aliphatic rings. The van der Waals surface area contributed by atoms with Crippen molar-refractivity contribution < 1.29 is 23.8 Å². The van der Waals surface area contributed by atoms with E-state index in [0.29, 0.717) is 11.3 Å². The molecule has 0 spiro atoms. The van der Waals surface area contributed by atoms with Crippen molar-refractivity contribution >= 4 is 23.4 Å². The average Bonchev–Trinajstić information content (AvgIpc) is 3.17. The summed E-state index contributed by atoms with van der Waals surface area (Å²) in [5, 5.41) is 19.2. The summed E-state index contributed by atoms with van der Waals surface area (Å²) < 4.78 is 20.3. The van der Waals surface area contributed by atoms with Crippen molar-refractivity contribution in [3.63, 3.8) is 0 Å². The summed E-state index contributed by atoms with van der Waals surface area (Å²) in [7, 11) is 1.52. The zero-order chi connectivity index (χ0) is 21.3. The number of methoxy groups -OCH3 is 1. The van der Waals surface area contributed by atoms with Crippen LogP contribution in [0.2, 0.25) is 0 Å². The number of anilines is 2. The second-order valence-corrected chi connectivity index (χ2v) is 6.51. The van der Waals surface area contributed by atoms with Crippen LogP contribution in [0, 0.1) is 5.82 Å². The largest absolute Gasteiger partial charge is 0.496 e. The standard InChI is InChI=1S/C21H17FN4O4/c1-30-18-8-3-2-7-14(18)17-10-16(21(28)29)25-19-15(11-23-26(17)19)20(27)24-13-6-4-5-12(22)9-13/h2-11,17,25H,1H3,(H,24,27)(H,28,29)/t17-/m0/s1. The van der Waals surface area contributed by atoms with Gasteiger partial charge in [-0.3, -0.25) is 4.79 Å². The molecule has 4 rings (SSSR count). The number of carboxylic acid groups (broad SMARTS) is 1. The molecule has 0 fully saturated rings. The molecule has 1 atom stereocenters. The molecule has 0 saturated carbocycles. The topological polar surface area (TPSA) is 105 Å². The molecule has 30 heavy (non-hydrogen) atoms. The lowest BCUT2D eigenvalue weighted by Gasteiger charge is -2.25. The first kappa shape index (κ1) is 19.2. The minimum absolute atomic E-state index is 0.0984. The van der Waals surface area contributed by atoms with E-state index >= 15 is 0 Å². The number of rotatable bonds is 5. The number of halogens is 1. The van der Waals surface area contributed by atoms with E-state index in [1.807, 2.05) is 0 Å². The predicted molar refractivity (Wildman–Crippen MR) is 107 cm³/mol. The third kappa shape index (κ3) is 3.48. The number of ether oxygens (including phenoxy) is 1. The minimum Gasteiger partial charge on any atom is -0.496 e. The number of nitrogens with zero attached hydrogens (tertiary/aromatic N) is 2. The van der Waals surface area contributed by atoms with Crippen molar-refractivity contribution in [2.75, 3.05) is 17.7 Å². The van der Waals surface area contributed by atoms with E-state index < -0.39 is 23.7 Å². The van der Waals surface area contributed by atoms with Crippen molar-refractivity contribution in [2.45, 2.75) is 6.04 Å². The van der Waals surface area contributed by atoms with Gasteiger partial charge in [0.25, 0.3) is 5.91 Å². The highest BCUT2D eigenvalue weighted by Crippen LogP contribution is 2.36. The van der Waals surface area contributed by atoms with Crippen molar-refractivity contribution in [3.8, 4) is 5.75 Å². The highest BCUT2D eigenvalue weighted by molar-refractivity contribution is 6.08. The van der Waals surface area contributed by atoms with E-state index in [0.717, 1.165) is 0 Å². The third-order valence-corrected chi connectivity index (χ3v) is 4.65. The fourth-order valence-electron chi connectivity index (χ4n) is 3.28. The minimum atomic E-state index is -1.18. The Kier molecular flexibility index (Phi) is 4.93. The van der Waals surface area contributed by atoms with Crippen molar-refractivity contribution in [3.05, 3.63) is 83.4 Å². The predicted octanol–water partition coefficient (Wildman–Crippen LogP) is 3.27. The van der Waals surface area contributed by atoms with Gasteiger partial charge in [0.15, 0.2) is 0 Å². The van der Waals surface area contributed by atoms with E-state index in [2.05, 4.69) is 15.7 Å².